The monoisotopic (exact) mass is 307 g/mol. The molecule has 4 nitrogen and oxygen atoms in total. The molecular weight excluding hydrogens is 289 g/mol. The fourth-order valence-electron chi connectivity index (χ4n) is 2.51. The minimum absolute atomic E-state index is 0.207. The molecule has 0 atom stereocenters. The van der Waals surface area contributed by atoms with Gasteiger partial charge in [0.25, 0.3) is 0 Å². The normalized spacial score (nSPS) is 17.0. The third-order valence-corrected chi connectivity index (χ3v) is 4.41. The number of thiazole rings is 1. The summed E-state index contributed by atoms with van der Waals surface area (Å²) in [6.45, 7) is 2.88. The molecule has 2 heterocycles. The number of hydrogen-bond donors (Lipinski definition) is 1. The number of aromatic nitrogens is 1. The van der Waals surface area contributed by atoms with E-state index in [1.807, 2.05) is 6.20 Å². The standard InChI is InChI=1S/C15H18FN3OS/c16-11-1-3-12(4-2-11)20-13-5-7-19(8-6-13)10-14-9-18-15(17)21-14/h1-4,9,13H,5-8,10H2,(H2,17,18). The zero-order chi connectivity index (χ0) is 14.7. The molecule has 1 fully saturated rings. The van der Waals surface area contributed by atoms with Crippen LogP contribution in [0.2, 0.25) is 0 Å². The average molecular weight is 307 g/mol. The molecule has 1 aliphatic rings. The van der Waals surface area contributed by atoms with Gasteiger partial charge >= 0.3 is 0 Å². The molecular formula is C15H18FN3OS. The molecule has 0 amide bonds. The molecule has 0 bridgehead atoms. The van der Waals surface area contributed by atoms with Crippen LogP contribution in [0.25, 0.3) is 0 Å². The van der Waals surface area contributed by atoms with Gasteiger partial charge in [-0.05, 0) is 37.1 Å². The molecule has 0 radical (unpaired) electrons. The Morgan fingerprint density at radius 2 is 2.00 bits per heavy atom. The lowest BCUT2D eigenvalue weighted by Crippen LogP contribution is -2.37. The molecule has 21 heavy (non-hydrogen) atoms. The van der Waals surface area contributed by atoms with Crippen molar-refractivity contribution in [3.8, 4) is 5.75 Å². The zero-order valence-corrected chi connectivity index (χ0v) is 12.5. The number of nitrogens with zero attached hydrogens (tertiary/aromatic N) is 2. The smallest absolute Gasteiger partial charge is 0.180 e. The van der Waals surface area contributed by atoms with E-state index < -0.39 is 0 Å². The van der Waals surface area contributed by atoms with E-state index in [-0.39, 0.29) is 11.9 Å². The third-order valence-electron chi connectivity index (χ3n) is 3.60. The Kier molecular flexibility index (Phi) is 4.36. The topological polar surface area (TPSA) is 51.4 Å². The van der Waals surface area contributed by atoms with Gasteiger partial charge in [0.2, 0.25) is 0 Å². The van der Waals surface area contributed by atoms with Crippen molar-refractivity contribution in [1.29, 1.82) is 0 Å². The van der Waals surface area contributed by atoms with Gasteiger partial charge in [-0.25, -0.2) is 9.37 Å². The van der Waals surface area contributed by atoms with Crippen LogP contribution in [-0.4, -0.2) is 29.1 Å². The molecule has 2 N–H and O–H groups in total. The Labute approximate surface area is 127 Å². The van der Waals surface area contributed by atoms with Gasteiger partial charge in [0, 0.05) is 30.7 Å². The molecule has 0 saturated carbocycles. The van der Waals surface area contributed by atoms with E-state index in [1.54, 1.807) is 23.5 Å². The van der Waals surface area contributed by atoms with E-state index >= 15 is 0 Å². The first-order valence-corrected chi connectivity index (χ1v) is 7.85. The molecule has 0 aliphatic carbocycles. The molecule has 0 unspecified atom stereocenters. The highest BCUT2D eigenvalue weighted by molar-refractivity contribution is 7.15. The number of benzene rings is 1. The minimum Gasteiger partial charge on any atom is -0.490 e. The van der Waals surface area contributed by atoms with Crippen LogP contribution in [-0.2, 0) is 6.54 Å². The molecule has 1 aliphatic heterocycles. The first kappa shape index (κ1) is 14.3. The van der Waals surface area contributed by atoms with E-state index in [0.717, 1.165) is 38.2 Å². The molecule has 1 aromatic heterocycles. The van der Waals surface area contributed by atoms with Crippen LogP contribution in [0.15, 0.2) is 30.5 Å². The van der Waals surface area contributed by atoms with Crippen molar-refractivity contribution >= 4 is 16.5 Å². The maximum Gasteiger partial charge on any atom is 0.180 e. The van der Waals surface area contributed by atoms with Crippen molar-refractivity contribution in [2.24, 2.45) is 0 Å². The summed E-state index contributed by atoms with van der Waals surface area (Å²) >= 11 is 1.54. The predicted molar refractivity (Wildman–Crippen MR) is 81.9 cm³/mol. The van der Waals surface area contributed by atoms with Crippen molar-refractivity contribution in [3.63, 3.8) is 0 Å². The Hall–Kier alpha value is -1.66. The summed E-state index contributed by atoms with van der Waals surface area (Å²) in [5.74, 6) is 0.506. The molecule has 6 heteroatoms. The van der Waals surface area contributed by atoms with Gasteiger partial charge in [-0.2, -0.15) is 0 Å². The second-order valence-corrected chi connectivity index (χ2v) is 6.36. The summed E-state index contributed by atoms with van der Waals surface area (Å²) in [7, 11) is 0. The second kappa shape index (κ2) is 6.41. The highest BCUT2D eigenvalue weighted by atomic mass is 32.1. The number of halogens is 1. The number of nitrogen functional groups attached to an aromatic ring is 1. The van der Waals surface area contributed by atoms with Gasteiger partial charge in [-0.15, -0.1) is 11.3 Å². The number of anilines is 1. The largest absolute Gasteiger partial charge is 0.490 e. The number of ether oxygens (including phenoxy) is 1. The number of piperidine rings is 1. The Bertz CT molecular complexity index is 579. The highest BCUT2D eigenvalue weighted by Crippen LogP contribution is 2.22. The summed E-state index contributed by atoms with van der Waals surface area (Å²) in [4.78, 5) is 7.66. The van der Waals surface area contributed by atoms with Crippen molar-refractivity contribution in [3.05, 3.63) is 41.2 Å². The third kappa shape index (κ3) is 3.92. The lowest BCUT2D eigenvalue weighted by molar-refractivity contribution is 0.0972. The summed E-state index contributed by atoms with van der Waals surface area (Å²) in [6.07, 6.45) is 4.01. The van der Waals surface area contributed by atoms with Gasteiger partial charge in [-0.1, -0.05) is 0 Å². The molecule has 112 valence electrons. The zero-order valence-electron chi connectivity index (χ0n) is 11.7. The van der Waals surface area contributed by atoms with Crippen LogP contribution in [0, 0.1) is 5.82 Å². The van der Waals surface area contributed by atoms with E-state index in [9.17, 15) is 4.39 Å². The van der Waals surface area contributed by atoms with Crippen LogP contribution in [0.5, 0.6) is 5.75 Å². The van der Waals surface area contributed by atoms with Gasteiger partial charge < -0.3 is 10.5 Å². The number of hydrogen-bond acceptors (Lipinski definition) is 5. The molecule has 3 rings (SSSR count). The fraction of sp³-hybridized carbons (Fsp3) is 0.400. The lowest BCUT2D eigenvalue weighted by atomic mass is 10.1. The Balaban J connectivity index is 1.47. The predicted octanol–water partition coefficient (Wildman–Crippen LogP) is 2.91. The number of likely N-dealkylation sites (tertiary alicyclic amines) is 1. The van der Waals surface area contributed by atoms with Crippen LogP contribution in [0.3, 0.4) is 0 Å². The lowest BCUT2D eigenvalue weighted by Gasteiger charge is -2.31. The first-order chi connectivity index (χ1) is 10.2. The summed E-state index contributed by atoms with van der Waals surface area (Å²) < 4.78 is 18.7. The average Bonchev–Trinajstić information content (AvgIpc) is 2.89. The summed E-state index contributed by atoms with van der Waals surface area (Å²) in [5.41, 5.74) is 5.64. The van der Waals surface area contributed by atoms with Crippen molar-refractivity contribution in [2.45, 2.75) is 25.5 Å². The first-order valence-electron chi connectivity index (χ1n) is 7.04. The Morgan fingerprint density at radius 3 is 2.62 bits per heavy atom. The van der Waals surface area contributed by atoms with Crippen LogP contribution in [0.1, 0.15) is 17.7 Å². The maximum atomic E-state index is 12.8. The van der Waals surface area contributed by atoms with Gasteiger partial charge in [0.1, 0.15) is 17.7 Å². The summed E-state index contributed by atoms with van der Waals surface area (Å²) in [6, 6.07) is 6.22. The van der Waals surface area contributed by atoms with Crippen molar-refractivity contribution in [2.75, 3.05) is 18.8 Å². The van der Waals surface area contributed by atoms with E-state index in [2.05, 4.69) is 9.88 Å². The van der Waals surface area contributed by atoms with Gasteiger partial charge in [-0.3, -0.25) is 4.90 Å². The fourth-order valence-corrected chi connectivity index (χ4v) is 3.23. The van der Waals surface area contributed by atoms with Crippen LogP contribution < -0.4 is 10.5 Å². The van der Waals surface area contributed by atoms with Crippen LogP contribution >= 0.6 is 11.3 Å². The quantitative estimate of drug-likeness (QED) is 0.943. The molecule has 2 aromatic rings. The van der Waals surface area contributed by atoms with Crippen molar-refractivity contribution in [1.82, 2.24) is 9.88 Å². The molecule has 0 spiro atoms. The molecule has 1 saturated heterocycles. The minimum atomic E-state index is -0.235. The van der Waals surface area contributed by atoms with Crippen LogP contribution in [0.4, 0.5) is 9.52 Å². The number of rotatable bonds is 4. The summed E-state index contributed by atoms with van der Waals surface area (Å²) in [5, 5.41) is 0.625. The van der Waals surface area contributed by atoms with E-state index in [1.165, 1.54) is 17.0 Å². The van der Waals surface area contributed by atoms with E-state index in [0.29, 0.717) is 5.13 Å². The second-order valence-electron chi connectivity index (χ2n) is 5.21. The molecule has 1 aromatic carbocycles. The van der Waals surface area contributed by atoms with Gasteiger partial charge in [0.15, 0.2) is 5.13 Å². The maximum absolute atomic E-state index is 12.8. The highest BCUT2D eigenvalue weighted by Gasteiger charge is 2.21. The Morgan fingerprint density at radius 1 is 1.29 bits per heavy atom. The SMILES string of the molecule is Nc1ncc(CN2CCC(Oc3ccc(F)cc3)CC2)s1. The number of nitrogens with two attached hydrogens (primary N) is 1. The van der Waals surface area contributed by atoms with Gasteiger partial charge in [0.05, 0.1) is 0 Å². The van der Waals surface area contributed by atoms with E-state index in [4.69, 9.17) is 10.5 Å². The van der Waals surface area contributed by atoms with Crippen molar-refractivity contribution < 1.29 is 9.13 Å².